The van der Waals surface area contributed by atoms with E-state index in [1.807, 2.05) is 0 Å². The summed E-state index contributed by atoms with van der Waals surface area (Å²) in [6.45, 7) is 0.433. The van der Waals surface area contributed by atoms with E-state index in [0.29, 0.717) is 16.6 Å². The second-order valence-electron chi connectivity index (χ2n) is 8.88. The van der Waals surface area contributed by atoms with Gasteiger partial charge in [-0.05, 0) is 31.0 Å². The topological polar surface area (TPSA) is 123 Å². The molecule has 3 atom stereocenters. The Labute approximate surface area is 208 Å². The fraction of sp³-hybridized carbons (Fsp3) is 0.435. The molecule has 1 saturated heterocycles. The minimum atomic E-state index is -1.43. The van der Waals surface area contributed by atoms with Crippen LogP contribution >= 0.6 is 0 Å². The van der Waals surface area contributed by atoms with Crippen LogP contribution in [-0.4, -0.2) is 91.2 Å². The molecule has 37 heavy (non-hydrogen) atoms. The van der Waals surface area contributed by atoms with E-state index >= 15 is 4.39 Å². The first-order valence-electron chi connectivity index (χ1n) is 11.7. The number of benzene rings is 1. The van der Waals surface area contributed by atoms with Crippen molar-refractivity contribution in [2.45, 2.75) is 31.6 Å². The van der Waals surface area contributed by atoms with Crippen LogP contribution in [0.15, 0.2) is 24.4 Å². The predicted molar refractivity (Wildman–Crippen MR) is 127 cm³/mol. The van der Waals surface area contributed by atoms with Gasteiger partial charge in [0.05, 0.1) is 43.0 Å². The summed E-state index contributed by atoms with van der Waals surface area (Å²) in [5, 5.41) is 24.3. The van der Waals surface area contributed by atoms with Crippen molar-refractivity contribution >= 4 is 28.4 Å². The van der Waals surface area contributed by atoms with E-state index in [4.69, 9.17) is 9.84 Å². The first-order valence-corrected chi connectivity index (χ1v) is 11.7. The molecule has 196 valence electrons. The number of piperidine rings is 1. The number of rotatable bonds is 7. The molecule has 2 N–H and O–H groups in total. The normalized spacial score (nSPS) is 18.9. The average Bonchev–Trinajstić information content (AvgIpc) is 3.48. The lowest BCUT2D eigenvalue weighted by Gasteiger charge is -2.34. The SMILES string of the molecule is COc1nc(N[C@H]2CCN(C(=O)CO)C[C@H]2F)nn2cc(F)c(-c3ccc4nnn([C@H](C)CF)c4c3)c12. The van der Waals surface area contributed by atoms with Gasteiger partial charge in [-0.3, -0.25) is 4.79 Å². The van der Waals surface area contributed by atoms with Crippen molar-refractivity contribution in [3.8, 4) is 17.0 Å². The molecule has 1 aliphatic heterocycles. The van der Waals surface area contributed by atoms with Crippen molar-refractivity contribution in [1.82, 2.24) is 34.5 Å². The maximum absolute atomic E-state index is 15.3. The highest BCUT2D eigenvalue weighted by atomic mass is 19.1. The van der Waals surface area contributed by atoms with Crippen molar-refractivity contribution in [1.29, 1.82) is 0 Å². The van der Waals surface area contributed by atoms with E-state index < -0.39 is 43.3 Å². The van der Waals surface area contributed by atoms with Gasteiger partial charge in [0.1, 0.15) is 30.5 Å². The number of halogens is 3. The smallest absolute Gasteiger partial charge is 0.248 e. The van der Waals surface area contributed by atoms with Crippen LogP contribution in [0.25, 0.3) is 27.7 Å². The fourth-order valence-corrected chi connectivity index (χ4v) is 4.54. The monoisotopic (exact) mass is 518 g/mol. The van der Waals surface area contributed by atoms with Crippen LogP contribution in [0, 0.1) is 5.82 Å². The lowest BCUT2D eigenvalue weighted by atomic mass is 10.0. The number of likely N-dealkylation sites (tertiary alicyclic amines) is 1. The Bertz CT molecular complexity index is 1460. The Morgan fingerprint density at radius 2 is 2.19 bits per heavy atom. The zero-order valence-corrected chi connectivity index (χ0v) is 20.1. The maximum atomic E-state index is 15.3. The molecule has 1 aromatic carbocycles. The third-order valence-corrected chi connectivity index (χ3v) is 6.49. The Morgan fingerprint density at radius 3 is 2.89 bits per heavy atom. The van der Waals surface area contributed by atoms with Gasteiger partial charge in [0, 0.05) is 6.54 Å². The number of amides is 1. The van der Waals surface area contributed by atoms with Crippen molar-refractivity contribution in [2.24, 2.45) is 0 Å². The second-order valence-corrected chi connectivity index (χ2v) is 8.88. The number of ether oxygens (including phenoxy) is 1. The van der Waals surface area contributed by atoms with Crippen LogP contribution in [0.2, 0.25) is 0 Å². The van der Waals surface area contributed by atoms with Crippen LogP contribution < -0.4 is 10.1 Å². The zero-order chi connectivity index (χ0) is 26.3. The lowest BCUT2D eigenvalue weighted by molar-refractivity contribution is -0.136. The van der Waals surface area contributed by atoms with Crippen LogP contribution in [0.4, 0.5) is 19.1 Å². The summed E-state index contributed by atoms with van der Waals surface area (Å²) >= 11 is 0. The van der Waals surface area contributed by atoms with Crippen molar-refractivity contribution in [3.63, 3.8) is 0 Å². The molecule has 14 heteroatoms. The third kappa shape index (κ3) is 4.41. The molecule has 1 aliphatic rings. The highest BCUT2D eigenvalue weighted by Crippen LogP contribution is 2.35. The van der Waals surface area contributed by atoms with E-state index in [-0.39, 0.29) is 42.4 Å². The molecule has 0 spiro atoms. The quantitative estimate of drug-likeness (QED) is 0.382. The Morgan fingerprint density at radius 1 is 1.38 bits per heavy atom. The summed E-state index contributed by atoms with van der Waals surface area (Å²) in [7, 11) is 1.38. The number of alkyl halides is 2. The van der Waals surface area contributed by atoms with Gasteiger partial charge >= 0.3 is 0 Å². The largest absolute Gasteiger partial charge is 0.479 e. The van der Waals surface area contributed by atoms with Crippen LogP contribution in [-0.2, 0) is 4.79 Å². The van der Waals surface area contributed by atoms with Gasteiger partial charge in [-0.1, -0.05) is 11.3 Å². The van der Waals surface area contributed by atoms with Crippen LogP contribution in [0.3, 0.4) is 0 Å². The lowest BCUT2D eigenvalue weighted by Crippen LogP contribution is -2.50. The number of aliphatic hydroxyl groups excluding tert-OH is 1. The molecule has 4 aromatic rings. The average molecular weight is 519 g/mol. The molecule has 3 aromatic heterocycles. The van der Waals surface area contributed by atoms with Gasteiger partial charge in [0.25, 0.3) is 0 Å². The summed E-state index contributed by atoms with van der Waals surface area (Å²) in [6.07, 6.45) is 0.00352. The van der Waals surface area contributed by atoms with E-state index in [9.17, 15) is 13.6 Å². The second kappa shape index (κ2) is 9.84. The summed E-state index contributed by atoms with van der Waals surface area (Å²) in [5.74, 6) is -1.05. The zero-order valence-electron chi connectivity index (χ0n) is 20.1. The Hall–Kier alpha value is -3.94. The summed E-state index contributed by atoms with van der Waals surface area (Å²) < 4.78 is 51.5. The number of hydrogen-bond donors (Lipinski definition) is 2. The first kappa shape index (κ1) is 24.7. The summed E-state index contributed by atoms with van der Waals surface area (Å²) in [4.78, 5) is 17.3. The maximum Gasteiger partial charge on any atom is 0.248 e. The molecule has 0 radical (unpaired) electrons. The van der Waals surface area contributed by atoms with Crippen molar-refractivity contribution < 1.29 is 27.8 Å². The number of aromatic nitrogens is 6. The van der Waals surface area contributed by atoms with E-state index in [1.165, 1.54) is 27.4 Å². The van der Waals surface area contributed by atoms with E-state index in [2.05, 4.69) is 25.7 Å². The first-order chi connectivity index (χ1) is 17.8. The molecule has 0 unspecified atom stereocenters. The number of nitrogens with zero attached hydrogens (tertiary/aromatic N) is 7. The predicted octanol–water partition coefficient (Wildman–Crippen LogP) is 2.16. The number of nitrogens with one attached hydrogen (secondary N) is 1. The number of carbonyl (C=O) groups excluding carboxylic acids is 1. The van der Waals surface area contributed by atoms with Crippen LogP contribution in [0.5, 0.6) is 5.88 Å². The molecule has 4 heterocycles. The molecular formula is C23H25F3N8O3. The number of fused-ring (bicyclic) bond motifs is 2. The Kier molecular flexibility index (Phi) is 6.58. The van der Waals surface area contributed by atoms with Gasteiger partial charge in [-0.25, -0.2) is 22.4 Å². The number of methoxy groups -OCH3 is 1. The number of aliphatic hydroxyl groups is 1. The molecule has 1 amide bonds. The molecule has 0 bridgehead atoms. The fourth-order valence-electron chi connectivity index (χ4n) is 4.54. The third-order valence-electron chi connectivity index (χ3n) is 6.49. The number of anilines is 1. The highest BCUT2D eigenvalue weighted by molar-refractivity contribution is 5.89. The molecular weight excluding hydrogens is 493 g/mol. The van der Waals surface area contributed by atoms with E-state index in [0.717, 1.165) is 0 Å². The Balaban J connectivity index is 1.49. The molecule has 11 nitrogen and oxygen atoms in total. The van der Waals surface area contributed by atoms with E-state index in [1.54, 1.807) is 25.1 Å². The number of carbonyl (C=O) groups is 1. The van der Waals surface area contributed by atoms with Gasteiger partial charge in [0.15, 0.2) is 5.82 Å². The summed E-state index contributed by atoms with van der Waals surface area (Å²) in [6, 6.07) is 3.76. The molecule has 1 fully saturated rings. The highest BCUT2D eigenvalue weighted by Gasteiger charge is 2.32. The van der Waals surface area contributed by atoms with Gasteiger partial charge in [-0.15, -0.1) is 10.2 Å². The van der Waals surface area contributed by atoms with Crippen molar-refractivity contribution in [2.75, 3.05) is 38.8 Å². The van der Waals surface area contributed by atoms with Crippen molar-refractivity contribution in [3.05, 3.63) is 30.2 Å². The van der Waals surface area contributed by atoms with Crippen LogP contribution in [0.1, 0.15) is 19.4 Å². The minimum absolute atomic E-state index is 0.0231. The van der Waals surface area contributed by atoms with Gasteiger partial charge < -0.3 is 20.1 Å². The van der Waals surface area contributed by atoms with Gasteiger partial charge in [0.2, 0.25) is 17.7 Å². The molecule has 5 rings (SSSR count). The minimum Gasteiger partial charge on any atom is -0.479 e. The standard InChI is InChI=1S/C23H25F3N8O3/c1-12(8-24)34-18-7-13(3-4-17(18)29-31-34)20-15(26)10-33-21(20)22(37-2)28-23(30-33)27-16-5-6-32(9-14(16)25)19(36)11-35/h3-4,7,10,12,14,16,35H,5-6,8-9,11H2,1-2H3,(H,27,30)/t12-,14-,16+/m1/s1. The number of hydrogen-bond acceptors (Lipinski definition) is 8. The molecule has 0 saturated carbocycles. The molecule has 0 aliphatic carbocycles. The summed E-state index contributed by atoms with van der Waals surface area (Å²) in [5.41, 5.74) is 1.97. The van der Waals surface area contributed by atoms with Gasteiger partial charge in [-0.2, -0.15) is 4.98 Å².